The highest BCUT2D eigenvalue weighted by molar-refractivity contribution is 14.1. The van der Waals surface area contributed by atoms with Crippen molar-refractivity contribution < 1.29 is 14.2 Å². The van der Waals surface area contributed by atoms with E-state index in [1.165, 1.54) is 0 Å². The van der Waals surface area contributed by atoms with E-state index in [0.29, 0.717) is 13.2 Å². The number of benzene rings is 2. The molecule has 0 unspecified atom stereocenters. The highest BCUT2D eigenvalue weighted by atomic mass is 127. The van der Waals surface area contributed by atoms with Crippen LogP contribution in [0.3, 0.4) is 0 Å². The summed E-state index contributed by atoms with van der Waals surface area (Å²) in [6.45, 7) is 1.06. The van der Waals surface area contributed by atoms with Crippen LogP contribution in [-0.2, 0) is 9.47 Å². The zero-order valence-electron chi connectivity index (χ0n) is 10.9. The molecule has 1 fully saturated rings. The van der Waals surface area contributed by atoms with Gasteiger partial charge < -0.3 is 14.2 Å². The van der Waals surface area contributed by atoms with Crippen LogP contribution >= 0.6 is 22.6 Å². The first-order valence-electron chi connectivity index (χ1n) is 6.52. The van der Waals surface area contributed by atoms with E-state index in [1.807, 2.05) is 54.6 Å². The first-order chi connectivity index (χ1) is 9.83. The van der Waals surface area contributed by atoms with Gasteiger partial charge in [0.15, 0.2) is 6.29 Å². The average molecular weight is 382 g/mol. The highest BCUT2D eigenvalue weighted by Crippen LogP contribution is 2.26. The van der Waals surface area contributed by atoms with Gasteiger partial charge in [-0.25, -0.2) is 0 Å². The molecule has 0 N–H and O–H groups in total. The third kappa shape index (κ3) is 3.31. The Hall–Kier alpha value is -1.11. The second-order valence-electron chi connectivity index (χ2n) is 4.58. The number of hydrogen-bond donors (Lipinski definition) is 0. The number of hydrogen-bond acceptors (Lipinski definition) is 3. The standard InChI is InChI=1S/C16H15IO3/c17-14-8-4-5-9-15(14)20-13-10-18-16(19-11-13)12-6-2-1-3-7-12/h1-9,13,16H,10-11H2. The Morgan fingerprint density at radius 3 is 2.25 bits per heavy atom. The minimum Gasteiger partial charge on any atom is -0.484 e. The normalized spacial score (nSPS) is 22.4. The Morgan fingerprint density at radius 1 is 0.900 bits per heavy atom. The van der Waals surface area contributed by atoms with Gasteiger partial charge in [0.25, 0.3) is 0 Å². The number of rotatable bonds is 3. The molecule has 0 radical (unpaired) electrons. The van der Waals surface area contributed by atoms with Crippen molar-refractivity contribution >= 4 is 22.6 Å². The van der Waals surface area contributed by atoms with Crippen LogP contribution in [0.15, 0.2) is 54.6 Å². The fourth-order valence-corrected chi connectivity index (χ4v) is 2.59. The topological polar surface area (TPSA) is 27.7 Å². The zero-order chi connectivity index (χ0) is 13.8. The maximum atomic E-state index is 5.91. The largest absolute Gasteiger partial charge is 0.484 e. The first-order valence-corrected chi connectivity index (χ1v) is 7.60. The molecule has 20 heavy (non-hydrogen) atoms. The van der Waals surface area contributed by atoms with Crippen LogP contribution in [0, 0.1) is 3.57 Å². The van der Waals surface area contributed by atoms with Crippen LogP contribution in [0.4, 0.5) is 0 Å². The van der Waals surface area contributed by atoms with Gasteiger partial charge in [0.1, 0.15) is 11.9 Å². The zero-order valence-corrected chi connectivity index (χ0v) is 13.0. The molecule has 0 bridgehead atoms. The molecular formula is C16H15IO3. The Morgan fingerprint density at radius 2 is 1.55 bits per heavy atom. The molecule has 0 saturated carbocycles. The van der Waals surface area contributed by atoms with Crippen molar-refractivity contribution in [3.63, 3.8) is 0 Å². The maximum Gasteiger partial charge on any atom is 0.184 e. The van der Waals surface area contributed by atoms with Gasteiger partial charge in [0.2, 0.25) is 0 Å². The van der Waals surface area contributed by atoms with Crippen LogP contribution in [0.1, 0.15) is 11.9 Å². The highest BCUT2D eigenvalue weighted by Gasteiger charge is 2.24. The van der Waals surface area contributed by atoms with Gasteiger partial charge in [-0.1, -0.05) is 42.5 Å². The molecule has 1 aliphatic heterocycles. The molecule has 3 nitrogen and oxygen atoms in total. The smallest absolute Gasteiger partial charge is 0.184 e. The molecule has 0 aromatic heterocycles. The molecule has 0 amide bonds. The third-order valence-electron chi connectivity index (χ3n) is 3.07. The monoisotopic (exact) mass is 382 g/mol. The molecule has 1 aliphatic rings. The molecule has 2 aromatic rings. The van der Waals surface area contributed by atoms with Gasteiger partial charge in [-0.05, 0) is 34.7 Å². The predicted octanol–water partition coefficient (Wildman–Crippen LogP) is 3.78. The number of para-hydroxylation sites is 1. The van der Waals surface area contributed by atoms with Crippen LogP contribution in [0.2, 0.25) is 0 Å². The van der Waals surface area contributed by atoms with Gasteiger partial charge in [0, 0.05) is 5.56 Å². The SMILES string of the molecule is Ic1ccccc1OC1COC(c2ccccc2)OC1. The summed E-state index contributed by atoms with van der Waals surface area (Å²) in [5.41, 5.74) is 1.04. The summed E-state index contributed by atoms with van der Waals surface area (Å²) in [4.78, 5) is 0. The van der Waals surface area contributed by atoms with E-state index < -0.39 is 0 Å². The lowest BCUT2D eigenvalue weighted by Gasteiger charge is -2.30. The summed E-state index contributed by atoms with van der Waals surface area (Å²) in [5, 5.41) is 0. The summed E-state index contributed by atoms with van der Waals surface area (Å²) in [6, 6.07) is 17.9. The van der Waals surface area contributed by atoms with E-state index in [1.54, 1.807) is 0 Å². The molecule has 0 spiro atoms. The van der Waals surface area contributed by atoms with Crippen LogP contribution in [-0.4, -0.2) is 19.3 Å². The van der Waals surface area contributed by atoms with Gasteiger partial charge in [-0.15, -0.1) is 0 Å². The van der Waals surface area contributed by atoms with Crippen molar-refractivity contribution in [1.29, 1.82) is 0 Å². The quantitative estimate of drug-likeness (QED) is 0.757. The van der Waals surface area contributed by atoms with Gasteiger partial charge >= 0.3 is 0 Å². The van der Waals surface area contributed by atoms with E-state index in [0.717, 1.165) is 14.9 Å². The Labute approximate surface area is 132 Å². The minimum atomic E-state index is -0.286. The molecule has 1 heterocycles. The summed E-state index contributed by atoms with van der Waals surface area (Å²) >= 11 is 2.26. The summed E-state index contributed by atoms with van der Waals surface area (Å²) in [6.07, 6.45) is -0.350. The van der Waals surface area contributed by atoms with Gasteiger partial charge in [-0.3, -0.25) is 0 Å². The first kappa shape index (κ1) is 13.9. The van der Waals surface area contributed by atoms with Gasteiger partial charge in [-0.2, -0.15) is 0 Å². The van der Waals surface area contributed by atoms with Crippen molar-refractivity contribution in [2.24, 2.45) is 0 Å². The second kappa shape index (κ2) is 6.56. The lowest BCUT2D eigenvalue weighted by atomic mass is 10.2. The Bertz CT molecular complexity index is 551. The van der Waals surface area contributed by atoms with Crippen LogP contribution in [0.5, 0.6) is 5.75 Å². The summed E-state index contributed by atoms with van der Waals surface area (Å²) in [7, 11) is 0. The van der Waals surface area contributed by atoms with E-state index in [-0.39, 0.29) is 12.4 Å². The Kier molecular flexibility index (Phi) is 4.54. The molecule has 4 heteroatoms. The van der Waals surface area contributed by atoms with Gasteiger partial charge in [0.05, 0.1) is 16.8 Å². The van der Waals surface area contributed by atoms with E-state index in [9.17, 15) is 0 Å². The number of ether oxygens (including phenoxy) is 3. The summed E-state index contributed by atoms with van der Waals surface area (Å²) in [5.74, 6) is 0.878. The van der Waals surface area contributed by atoms with E-state index in [4.69, 9.17) is 14.2 Å². The molecule has 1 saturated heterocycles. The van der Waals surface area contributed by atoms with Crippen molar-refractivity contribution in [3.05, 3.63) is 63.7 Å². The van der Waals surface area contributed by atoms with E-state index >= 15 is 0 Å². The average Bonchev–Trinajstić information content (AvgIpc) is 2.51. The molecule has 2 aromatic carbocycles. The van der Waals surface area contributed by atoms with Crippen molar-refractivity contribution in [2.75, 3.05) is 13.2 Å². The van der Waals surface area contributed by atoms with Crippen LogP contribution in [0.25, 0.3) is 0 Å². The lowest BCUT2D eigenvalue weighted by molar-refractivity contribution is -0.215. The third-order valence-corrected chi connectivity index (χ3v) is 3.96. The second-order valence-corrected chi connectivity index (χ2v) is 5.74. The van der Waals surface area contributed by atoms with Crippen LogP contribution < -0.4 is 4.74 Å². The molecular weight excluding hydrogens is 367 g/mol. The predicted molar refractivity (Wildman–Crippen MR) is 84.7 cm³/mol. The fraction of sp³-hybridized carbons (Fsp3) is 0.250. The number of halogens is 1. The molecule has 0 aliphatic carbocycles. The Balaban J connectivity index is 1.58. The summed E-state index contributed by atoms with van der Waals surface area (Å²) < 4.78 is 18.5. The fourth-order valence-electron chi connectivity index (χ4n) is 2.08. The minimum absolute atomic E-state index is 0.0640. The molecule has 0 atom stereocenters. The molecule has 104 valence electrons. The van der Waals surface area contributed by atoms with Crippen molar-refractivity contribution in [3.8, 4) is 5.75 Å². The molecule has 3 rings (SSSR count). The van der Waals surface area contributed by atoms with E-state index in [2.05, 4.69) is 22.6 Å². The van der Waals surface area contributed by atoms with Crippen molar-refractivity contribution in [2.45, 2.75) is 12.4 Å². The lowest BCUT2D eigenvalue weighted by Crippen LogP contribution is -2.35. The maximum absolute atomic E-state index is 5.91. The van der Waals surface area contributed by atoms with Crippen molar-refractivity contribution in [1.82, 2.24) is 0 Å².